The molecule has 0 aromatic heterocycles. The largest absolute Gasteiger partial charge is 0.497 e. The summed E-state index contributed by atoms with van der Waals surface area (Å²) in [7, 11) is 1.66. The lowest BCUT2D eigenvalue weighted by atomic mass is 9.97. The summed E-state index contributed by atoms with van der Waals surface area (Å²) in [5.41, 5.74) is 6.88. The van der Waals surface area contributed by atoms with Crippen molar-refractivity contribution in [3.05, 3.63) is 29.8 Å². The van der Waals surface area contributed by atoms with Gasteiger partial charge < -0.3 is 15.4 Å². The highest BCUT2D eigenvalue weighted by Gasteiger charge is 2.22. The van der Waals surface area contributed by atoms with Crippen molar-refractivity contribution in [1.29, 1.82) is 0 Å². The molecule has 1 heterocycles. The van der Waals surface area contributed by atoms with E-state index in [0.717, 1.165) is 38.1 Å². The Morgan fingerprint density at radius 3 is 2.71 bits per heavy atom. The van der Waals surface area contributed by atoms with Gasteiger partial charge in [-0.3, -0.25) is 4.79 Å². The number of rotatable bonds is 5. The summed E-state index contributed by atoms with van der Waals surface area (Å²) in [5, 5.41) is 0. The van der Waals surface area contributed by atoms with Crippen LogP contribution in [0.4, 0.5) is 0 Å². The minimum absolute atomic E-state index is 0. The highest BCUT2D eigenvalue weighted by atomic mass is 35.5. The lowest BCUT2D eigenvalue weighted by Gasteiger charge is -2.32. The Hall–Kier alpha value is -1.26. The number of aryl methyl sites for hydroxylation is 1. The van der Waals surface area contributed by atoms with Gasteiger partial charge in [0.2, 0.25) is 5.91 Å². The van der Waals surface area contributed by atoms with Crippen LogP contribution >= 0.6 is 12.4 Å². The molecular formula is C16H25ClN2O2. The predicted octanol–water partition coefficient (Wildman–Crippen LogP) is 2.25. The first-order valence-electron chi connectivity index (χ1n) is 7.33. The Bertz CT molecular complexity index is 436. The van der Waals surface area contributed by atoms with E-state index in [1.165, 1.54) is 5.56 Å². The monoisotopic (exact) mass is 312 g/mol. The summed E-state index contributed by atoms with van der Waals surface area (Å²) in [4.78, 5) is 14.2. The highest BCUT2D eigenvalue weighted by molar-refractivity contribution is 5.85. The summed E-state index contributed by atoms with van der Waals surface area (Å²) in [6, 6.07) is 7.91. The summed E-state index contributed by atoms with van der Waals surface area (Å²) < 4.78 is 5.13. The van der Waals surface area contributed by atoms with Crippen molar-refractivity contribution >= 4 is 18.3 Å². The molecule has 1 aromatic rings. The van der Waals surface area contributed by atoms with E-state index in [4.69, 9.17) is 10.5 Å². The zero-order chi connectivity index (χ0) is 14.4. The molecule has 1 aromatic carbocycles. The quantitative estimate of drug-likeness (QED) is 0.907. The fourth-order valence-corrected chi connectivity index (χ4v) is 2.69. The van der Waals surface area contributed by atoms with Crippen molar-refractivity contribution < 1.29 is 9.53 Å². The van der Waals surface area contributed by atoms with E-state index in [1.54, 1.807) is 7.11 Å². The molecule has 2 N–H and O–H groups in total. The second-order valence-electron chi connectivity index (χ2n) is 5.43. The van der Waals surface area contributed by atoms with E-state index in [2.05, 4.69) is 0 Å². The summed E-state index contributed by atoms with van der Waals surface area (Å²) in [6.45, 7) is 2.40. The first-order chi connectivity index (χ1) is 9.72. The number of benzene rings is 1. The number of amides is 1. The lowest BCUT2D eigenvalue weighted by molar-refractivity contribution is -0.132. The zero-order valence-corrected chi connectivity index (χ0v) is 13.4. The molecule has 5 heteroatoms. The Kier molecular flexibility index (Phi) is 7.54. The Balaban J connectivity index is 0.00000220. The molecule has 1 amide bonds. The van der Waals surface area contributed by atoms with Crippen molar-refractivity contribution in [1.82, 2.24) is 4.90 Å². The number of methoxy groups -OCH3 is 1. The van der Waals surface area contributed by atoms with E-state index in [0.29, 0.717) is 18.9 Å². The Labute approximate surface area is 133 Å². The molecule has 1 saturated heterocycles. The minimum atomic E-state index is 0. The minimum Gasteiger partial charge on any atom is -0.497 e. The van der Waals surface area contributed by atoms with Gasteiger partial charge in [-0.2, -0.15) is 0 Å². The molecule has 0 bridgehead atoms. The van der Waals surface area contributed by atoms with E-state index >= 15 is 0 Å². The molecule has 0 aliphatic carbocycles. The molecule has 1 aliphatic rings. The van der Waals surface area contributed by atoms with E-state index in [-0.39, 0.29) is 18.3 Å². The number of likely N-dealkylation sites (tertiary alicyclic amines) is 1. The van der Waals surface area contributed by atoms with Crippen molar-refractivity contribution in [2.45, 2.75) is 25.7 Å². The summed E-state index contributed by atoms with van der Waals surface area (Å²) in [5.74, 6) is 1.58. The maximum absolute atomic E-state index is 12.2. The van der Waals surface area contributed by atoms with Gasteiger partial charge in [0.15, 0.2) is 0 Å². The number of piperidine rings is 1. The smallest absolute Gasteiger partial charge is 0.222 e. The van der Waals surface area contributed by atoms with Crippen LogP contribution in [0.1, 0.15) is 24.8 Å². The molecule has 118 valence electrons. The molecule has 1 unspecified atom stereocenters. The number of hydrogen-bond acceptors (Lipinski definition) is 3. The molecular weight excluding hydrogens is 288 g/mol. The molecule has 0 radical (unpaired) electrons. The normalized spacial score (nSPS) is 18.0. The number of hydrogen-bond donors (Lipinski definition) is 1. The predicted molar refractivity (Wildman–Crippen MR) is 86.9 cm³/mol. The molecule has 0 saturated carbocycles. The number of halogens is 1. The van der Waals surface area contributed by atoms with Crippen molar-refractivity contribution in [2.75, 3.05) is 26.7 Å². The van der Waals surface area contributed by atoms with Crippen LogP contribution < -0.4 is 10.5 Å². The highest BCUT2D eigenvalue weighted by Crippen LogP contribution is 2.17. The average molecular weight is 313 g/mol. The molecule has 1 fully saturated rings. The van der Waals surface area contributed by atoms with Crippen LogP contribution in [-0.2, 0) is 11.2 Å². The summed E-state index contributed by atoms with van der Waals surface area (Å²) in [6.07, 6.45) is 3.59. The van der Waals surface area contributed by atoms with Crippen LogP contribution in [0.15, 0.2) is 24.3 Å². The van der Waals surface area contributed by atoms with Crippen molar-refractivity contribution in [2.24, 2.45) is 11.7 Å². The van der Waals surface area contributed by atoms with Gasteiger partial charge in [-0.1, -0.05) is 12.1 Å². The van der Waals surface area contributed by atoms with Crippen molar-refractivity contribution in [3.63, 3.8) is 0 Å². The second-order valence-corrected chi connectivity index (χ2v) is 5.43. The van der Waals surface area contributed by atoms with E-state index < -0.39 is 0 Å². The number of nitrogens with two attached hydrogens (primary N) is 1. The second kappa shape index (κ2) is 8.90. The van der Waals surface area contributed by atoms with Crippen LogP contribution in [0, 0.1) is 5.92 Å². The lowest BCUT2D eigenvalue weighted by Crippen LogP contribution is -2.42. The molecule has 4 nitrogen and oxygen atoms in total. The molecule has 1 aliphatic heterocycles. The third-order valence-corrected chi connectivity index (χ3v) is 3.99. The fraction of sp³-hybridized carbons (Fsp3) is 0.562. The number of carbonyl (C=O) groups is 1. The SMILES string of the molecule is COc1ccc(CCC(=O)N2CCCC(CN)C2)cc1.Cl. The van der Waals surface area contributed by atoms with Crippen LogP contribution in [-0.4, -0.2) is 37.6 Å². The Morgan fingerprint density at radius 1 is 1.38 bits per heavy atom. The first kappa shape index (κ1) is 17.8. The van der Waals surface area contributed by atoms with Gasteiger partial charge in [-0.15, -0.1) is 12.4 Å². The maximum atomic E-state index is 12.2. The van der Waals surface area contributed by atoms with Gasteiger partial charge in [0.25, 0.3) is 0 Å². The van der Waals surface area contributed by atoms with Crippen LogP contribution in [0.3, 0.4) is 0 Å². The van der Waals surface area contributed by atoms with Gasteiger partial charge in [0, 0.05) is 19.5 Å². The fourth-order valence-electron chi connectivity index (χ4n) is 2.69. The van der Waals surface area contributed by atoms with Crippen LogP contribution in [0.5, 0.6) is 5.75 Å². The topological polar surface area (TPSA) is 55.6 Å². The summed E-state index contributed by atoms with van der Waals surface area (Å²) >= 11 is 0. The van der Waals surface area contributed by atoms with E-state index in [9.17, 15) is 4.79 Å². The molecule has 21 heavy (non-hydrogen) atoms. The maximum Gasteiger partial charge on any atom is 0.222 e. The number of carbonyl (C=O) groups excluding carboxylic acids is 1. The van der Waals surface area contributed by atoms with Gasteiger partial charge in [-0.05, 0) is 49.4 Å². The van der Waals surface area contributed by atoms with Gasteiger partial charge in [0.1, 0.15) is 5.75 Å². The molecule has 1 atom stereocenters. The third-order valence-electron chi connectivity index (χ3n) is 3.99. The van der Waals surface area contributed by atoms with Crippen molar-refractivity contribution in [3.8, 4) is 5.75 Å². The standard InChI is InChI=1S/C16H24N2O2.ClH/c1-20-15-7-4-13(5-8-15)6-9-16(19)18-10-2-3-14(11-17)12-18;/h4-5,7-8,14H,2-3,6,9-12,17H2,1H3;1H. The Morgan fingerprint density at radius 2 is 2.10 bits per heavy atom. The molecule has 0 spiro atoms. The van der Waals surface area contributed by atoms with Gasteiger partial charge in [0.05, 0.1) is 7.11 Å². The van der Waals surface area contributed by atoms with E-state index in [1.807, 2.05) is 29.2 Å². The van der Waals surface area contributed by atoms with Gasteiger partial charge in [-0.25, -0.2) is 0 Å². The average Bonchev–Trinajstić information content (AvgIpc) is 2.53. The van der Waals surface area contributed by atoms with Crippen LogP contribution in [0.2, 0.25) is 0 Å². The number of ether oxygens (including phenoxy) is 1. The van der Waals surface area contributed by atoms with Crippen LogP contribution in [0.25, 0.3) is 0 Å². The third kappa shape index (κ3) is 5.21. The molecule has 2 rings (SSSR count). The van der Waals surface area contributed by atoms with Gasteiger partial charge >= 0.3 is 0 Å². The number of nitrogens with zero attached hydrogens (tertiary/aromatic N) is 1. The first-order valence-corrected chi connectivity index (χ1v) is 7.33. The zero-order valence-electron chi connectivity index (χ0n) is 12.6.